The number of hydrogen-bond acceptors (Lipinski definition) is 5. The lowest BCUT2D eigenvalue weighted by Gasteiger charge is -2.27. The third-order valence-electron chi connectivity index (χ3n) is 3.30. The van der Waals surface area contributed by atoms with Crippen LogP contribution in [0.1, 0.15) is 13.3 Å². The maximum Gasteiger partial charge on any atom is 0.238 e. The molecule has 4 N–H and O–H groups in total. The van der Waals surface area contributed by atoms with E-state index in [0.29, 0.717) is 17.3 Å². The zero-order chi connectivity index (χ0) is 15.5. The van der Waals surface area contributed by atoms with E-state index in [-0.39, 0.29) is 17.0 Å². The highest BCUT2D eigenvalue weighted by atomic mass is 35.5. The minimum atomic E-state index is -3.74. The molecule has 1 saturated heterocycles. The number of hydrogen-bond donors (Lipinski definition) is 3. The van der Waals surface area contributed by atoms with Gasteiger partial charge in [0.1, 0.15) is 0 Å². The predicted octanol–water partition coefficient (Wildman–Crippen LogP) is 1.17. The summed E-state index contributed by atoms with van der Waals surface area (Å²) in [5.74, 6) is 0. The van der Waals surface area contributed by atoms with Crippen LogP contribution in [0.25, 0.3) is 0 Å². The monoisotopic (exact) mass is 333 g/mol. The Labute approximate surface area is 130 Å². The van der Waals surface area contributed by atoms with Crippen LogP contribution in [0.5, 0.6) is 0 Å². The van der Waals surface area contributed by atoms with E-state index < -0.39 is 10.0 Å². The molecule has 0 amide bonds. The molecule has 1 aromatic rings. The summed E-state index contributed by atoms with van der Waals surface area (Å²) in [6.07, 6.45) is 0.843. The first-order valence-electron chi connectivity index (χ1n) is 6.76. The molecular weight excluding hydrogens is 314 g/mol. The van der Waals surface area contributed by atoms with Gasteiger partial charge in [-0.25, -0.2) is 13.6 Å². The van der Waals surface area contributed by atoms with Gasteiger partial charge in [0.15, 0.2) is 0 Å². The van der Waals surface area contributed by atoms with Crippen LogP contribution >= 0.6 is 11.6 Å². The zero-order valence-electron chi connectivity index (χ0n) is 11.8. The number of morpholine rings is 1. The van der Waals surface area contributed by atoms with Crippen molar-refractivity contribution in [3.05, 3.63) is 23.2 Å². The summed E-state index contributed by atoms with van der Waals surface area (Å²) in [5.41, 5.74) is 0.562. The minimum absolute atomic E-state index is 0.0423. The second-order valence-corrected chi connectivity index (χ2v) is 7.16. The van der Waals surface area contributed by atoms with Crippen molar-refractivity contribution < 1.29 is 13.2 Å². The van der Waals surface area contributed by atoms with Crippen LogP contribution < -0.4 is 15.8 Å². The molecule has 1 fully saturated rings. The summed E-state index contributed by atoms with van der Waals surface area (Å²) in [6, 6.07) is 4.76. The predicted molar refractivity (Wildman–Crippen MR) is 83.1 cm³/mol. The van der Waals surface area contributed by atoms with Crippen LogP contribution in [0.2, 0.25) is 5.02 Å². The first kappa shape index (κ1) is 16.5. The molecule has 6 nitrogen and oxygen atoms in total. The first-order chi connectivity index (χ1) is 9.86. The molecule has 0 aromatic heterocycles. The van der Waals surface area contributed by atoms with E-state index in [1.54, 1.807) is 0 Å². The topological polar surface area (TPSA) is 93.4 Å². The number of anilines is 1. The lowest BCUT2D eigenvalue weighted by atomic mass is 10.1. The second-order valence-electron chi connectivity index (χ2n) is 5.19. The van der Waals surface area contributed by atoms with Crippen molar-refractivity contribution in [1.29, 1.82) is 0 Å². The van der Waals surface area contributed by atoms with E-state index in [1.807, 2.05) is 6.92 Å². The van der Waals surface area contributed by atoms with Gasteiger partial charge in [0.25, 0.3) is 0 Å². The lowest BCUT2D eigenvalue weighted by molar-refractivity contribution is 0.0731. The number of benzene rings is 1. The van der Waals surface area contributed by atoms with Gasteiger partial charge in [-0.3, -0.25) is 0 Å². The summed E-state index contributed by atoms with van der Waals surface area (Å²) in [7, 11) is -3.74. The molecule has 21 heavy (non-hydrogen) atoms. The number of rotatable bonds is 5. The molecule has 1 aliphatic heterocycles. The van der Waals surface area contributed by atoms with Gasteiger partial charge in [0.05, 0.1) is 28.8 Å². The third-order valence-corrected chi connectivity index (χ3v) is 4.55. The van der Waals surface area contributed by atoms with Crippen molar-refractivity contribution in [2.24, 2.45) is 5.14 Å². The zero-order valence-corrected chi connectivity index (χ0v) is 13.4. The van der Waals surface area contributed by atoms with E-state index in [2.05, 4.69) is 10.6 Å². The highest BCUT2D eigenvalue weighted by molar-refractivity contribution is 7.89. The first-order valence-corrected chi connectivity index (χ1v) is 8.68. The molecule has 2 unspecified atom stereocenters. The Morgan fingerprint density at radius 1 is 1.57 bits per heavy atom. The maximum atomic E-state index is 11.4. The van der Waals surface area contributed by atoms with Gasteiger partial charge >= 0.3 is 0 Å². The summed E-state index contributed by atoms with van der Waals surface area (Å²) >= 11 is 6.09. The largest absolute Gasteiger partial charge is 0.381 e. The summed E-state index contributed by atoms with van der Waals surface area (Å²) in [4.78, 5) is 0.0423. The molecule has 0 bridgehead atoms. The van der Waals surface area contributed by atoms with Gasteiger partial charge in [-0.15, -0.1) is 0 Å². The lowest BCUT2D eigenvalue weighted by Crippen LogP contribution is -2.43. The fourth-order valence-electron chi connectivity index (χ4n) is 2.31. The van der Waals surface area contributed by atoms with Crippen molar-refractivity contribution in [3.63, 3.8) is 0 Å². The van der Waals surface area contributed by atoms with E-state index in [1.165, 1.54) is 18.2 Å². The third kappa shape index (κ3) is 4.82. The molecule has 1 heterocycles. The molecule has 0 radical (unpaired) electrons. The highest BCUT2D eigenvalue weighted by Crippen LogP contribution is 2.26. The maximum absolute atomic E-state index is 11.4. The molecule has 1 aliphatic rings. The molecule has 118 valence electrons. The van der Waals surface area contributed by atoms with Gasteiger partial charge in [-0.05, 0) is 31.5 Å². The van der Waals surface area contributed by atoms with Crippen LogP contribution in [0.4, 0.5) is 5.69 Å². The van der Waals surface area contributed by atoms with Crippen molar-refractivity contribution in [3.8, 4) is 0 Å². The summed E-state index contributed by atoms with van der Waals surface area (Å²) in [5, 5.41) is 12.2. The van der Waals surface area contributed by atoms with Crippen molar-refractivity contribution in [1.82, 2.24) is 5.32 Å². The molecular formula is C13H20ClN3O3S. The van der Waals surface area contributed by atoms with Crippen LogP contribution in [0.15, 0.2) is 23.1 Å². The number of primary sulfonamides is 1. The van der Waals surface area contributed by atoms with Crippen molar-refractivity contribution in [2.45, 2.75) is 30.3 Å². The molecule has 0 saturated carbocycles. The second kappa shape index (κ2) is 6.93. The number of ether oxygens (including phenoxy) is 1. The summed E-state index contributed by atoms with van der Waals surface area (Å²) < 4.78 is 28.2. The number of halogens is 1. The van der Waals surface area contributed by atoms with E-state index in [4.69, 9.17) is 21.5 Å². The quantitative estimate of drug-likeness (QED) is 0.752. The minimum Gasteiger partial charge on any atom is -0.381 e. The van der Waals surface area contributed by atoms with Gasteiger partial charge in [-0.1, -0.05) is 11.6 Å². The molecule has 0 aliphatic carbocycles. The van der Waals surface area contributed by atoms with Gasteiger partial charge in [0.2, 0.25) is 10.0 Å². The average Bonchev–Trinajstić information content (AvgIpc) is 2.41. The normalized spacial score (nSPS) is 21.0. The van der Waals surface area contributed by atoms with Gasteiger partial charge < -0.3 is 15.4 Å². The van der Waals surface area contributed by atoms with E-state index >= 15 is 0 Å². The Hall–Kier alpha value is -0.860. The van der Waals surface area contributed by atoms with Gasteiger partial charge in [0, 0.05) is 18.6 Å². The fourth-order valence-corrected chi connectivity index (χ4v) is 3.03. The summed E-state index contributed by atoms with van der Waals surface area (Å²) in [6.45, 7) is 4.27. The molecule has 1 aromatic carbocycles. The van der Waals surface area contributed by atoms with Crippen LogP contribution in [-0.4, -0.2) is 40.3 Å². The van der Waals surface area contributed by atoms with Crippen molar-refractivity contribution in [2.75, 3.05) is 25.1 Å². The van der Waals surface area contributed by atoms with E-state index in [9.17, 15) is 8.42 Å². The van der Waals surface area contributed by atoms with Crippen molar-refractivity contribution >= 4 is 27.3 Å². The Morgan fingerprint density at radius 2 is 2.33 bits per heavy atom. The van der Waals surface area contributed by atoms with Crippen LogP contribution in [-0.2, 0) is 14.8 Å². The Bertz CT molecular complexity index is 588. The van der Waals surface area contributed by atoms with Crippen LogP contribution in [0.3, 0.4) is 0 Å². The SMILES string of the molecule is CC(CC1COCCN1)Nc1cc(S(N)(=O)=O)ccc1Cl. The number of sulfonamides is 1. The average molecular weight is 334 g/mol. The number of nitrogens with two attached hydrogens (primary N) is 1. The standard InChI is InChI=1S/C13H20ClN3O3S/c1-9(6-10-8-20-5-4-16-10)17-13-7-11(21(15,18)19)2-3-12(13)14/h2-3,7,9-10,16-17H,4-6,8H2,1H3,(H2,15,18,19). The van der Waals surface area contributed by atoms with Crippen LogP contribution in [0, 0.1) is 0 Å². The fraction of sp³-hybridized carbons (Fsp3) is 0.538. The smallest absolute Gasteiger partial charge is 0.238 e. The Balaban J connectivity index is 2.04. The molecule has 0 spiro atoms. The van der Waals surface area contributed by atoms with E-state index in [0.717, 1.165) is 19.6 Å². The Morgan fingerprint density at radius 3 is 2.95 bits per heavy atom. The Kier molecular flexibility index (Phi) is 5.45. The number of nitrogens with one attached hydrogen (secondary N) is 2. The molecule has 8 heteroatoms. The highest BCUT2D eigenvalue weighted by Gasteiger charge is 2.17. The van der Waals surface area contributed by atoms with Gasteiger partial charge in [-0.2, -0.15) is 0 Å². The molecule has 2 rings (SSSR count). The molecule has 2 atom stereocenters.